The second kappa shape index (κ2) is 5.92. The fourth-order valence-electron chi connectivity index (χ4n) is 1.60. The number of carbonyl (C=O) groups is 1. The van der Waals surface area contributed by atoms with Crippen LogP contribution in [0.5, 0.6) is 0 Å². The molecule has 0 radical (unpaired) electrons. The Hall–Kier alpha value is -1.07. The highest BCUT2D eigenvalue weighted by Crippen LogP contribution is 2.18. The number of carbonyl (C=O) groups excluding carboxylic acids is 1. The van der Waals surface area contributed by atoms with Crippen LogP contribution in [0.25, 0.3) is 0 Å². The van der Waals surface area contributed by atoms with Gasteiger partial charge in [0.1, 0.15) is 16.8 Å². The molecule has 0 aliphatic heterocycles. The smallest absolute Gasteiger partial charge is 0.323 e. The van der Waals surface area contributed by atoms with E-state index in [4.69, 9.17) is 16.3 Å². The predicted octanol–water partition coefficient (Wildman–Crippen LogP) is 2.20. The number of nitrogens with one attached hydrogen (secondary N) is 1. The van der Waals surface area contributed by atoms with Crippen molar-refractivity contribution in [1.82, 2.24) is 15.1 Å². The Balaban J connectivity index is 2.59. The summed E-state index contributed by atoms with van der Waals surface area (Å²) in [4.78, 5) is 11.8. The van der Waals surface area contributed by atoms with E-state index in [0.29, 0.717) is 11.7 Å². The molecular formula is C13H22ClN3O2. The number of nitrogens with zero attached hydrogens (tertiary/aromatic N) is 2. The van der Waals surface area contributed by atoms with Crippen molar-refractivity contribution in [2.75, 3.05) is 0 Å². The molecule has 1 heterocycles. The number of hydrogen-bond acceptors (Lipinski definition) is 4. The summed E-state index contributed by atoms with van der Waals surface area (Å²) < 4.78 is 6.92. The van der Waals surface area contributed by atoms with E-state index in [-0.39, 0.29) is 5.97 Å². The van der Waals surface area contributed by atoms with Crippen LogP contribution in [0.3, 0.4) is 0 Å². The van der Waals surface area contributed by atoms with Gasteiger partial charge in [-0.05, 0) is 34.6 Å². The van der Waals surface area contributed by atoms with E-state index in [1.807, 2.05) is 27.7 Å². The standard InChI is InChI=1S/C13H22ClN3O2/c1-8-10(11(14)17(6)16-8)7-15-9(2)12(18)19-13(3,4)5/h9,15H,7H2,1-6H3/t9-/m1/s1. The van der Waals surface area contributed by atoms with E-state index in [1.165, 1.54) is 0 Å². The summed E-state index contributed by atoms with van der Waals surface area (Å²) in [6, 6.07) is -0.394. The Bertz CT molecular complexity index is 463. The Morgan fingerprint density at radius 1 is 1.53 bits per heavy atom. The highest BCUT2D eigenvalue weighted by Gasteiger charge is 2.22. The van der Waals surface area contributed by atoms with Gasteiger partial charge in [-0.1, -0.05) is 11.6 Å². The first kappa shape index (κ1) is 16.0. The summed E-state index contributed by atoms with van der Waals surface area (Å²) in [6.45, 7) is 9.69. The molecule has 6 heteroatoms. The van der Waals surface area contributed by atoms with E-state index in [1.54, 1.807) is 18.7 Å². The summed E-state index contributed by atoms with van der Waals surface area (Å²) in [6.07, 6.45) is 0. The molecule has 5 nitrogen and oxygen atoms in total. The molecule has 0 fully saturated rings. The van der Waals surface area contributed by atoms with Crippen molar-refractivity contribution in [3.05, 3.63) is 16.4 Å². The molecule has 0 saturated heterocycles. The Labute approximate surface area is 119 Å². The van der Waals surface area contributed by atoms with E-state index < -0.39 is 11.6 Å². The molecule has 0 aromatic carbocycles. The number of ether oxygens (including phenoxy) is 1. The monoisotopic (exact) mass is 287 g/mol. The van der Waals surface area contributed by atoms with Crippen molar-refractivity contribution < 1.29 is 9.53 Å². The minimum atomic E-state index is -0.477. The third kappa shape index (κ3) is 4.51. The van der Waals surface area contributed by atoms with E-state index in [0.717, 1.165) is 11.3 Å². The second-order valence-electron chi connectivity index (χ2n) is 5.61. The van der Waals surface area contributed by atoms with Gasteiger partial charge in [-0.25, -0.2) is 0 Å². The minimum absolute atomic E-state index is 0.273. The van der Waals surface area contributed by atoms with Crippen LogP contribution in [0, 0.1) is 6.92 Å². The van der Waals surface area contributed by atoms with Crippen molar-refractivity contribution in [3.8, 4) is 0 Å². The first-order valence-electron chi connectivity index (χ1n) is 6.26. The lowest BCUT2D eigenvalue weighted by atomic mass is 10.2. The van der Waals surface area contributed by atoms with Crippen molar-refractivity contribution in [3.63, 3.8) is 0 Å². The third-order valence-electron chi connectivity index (χ3n) is 2.62. The molecule has 1 N–H and O–H groups in total. The first-order valence-corrected chi connectivity index (χ1v) is 6.64. The third-order valence-corrected chi connectivity index (χ3v) is 3.09. The molecule has 0 saturated carbocycles. The van der Waals surface area contributed by atoms with Gasteiger partial charge in [0.15, 0.2) is 0 Å². The fourth-order valence-corrected chi connectivity index (χ4v) is 1.84. The zero-order valence-electron chi connectivity index (χ0n) is 12.4. The van der Waals surface area contributed by atoms with Crippen LogP contribution in [0.4, 0.5) is 0 Å². The Morgan fingerprint density at radius 3 is 2.53 bits per heavy atom. The molecule has 0 aliphatic rings. The lowest BCUT2D eigenvalue weighted by molar-refractivity contribution is -0.157. The van der Waals surface area contributed by atoms with Gasteiger partial charge in [-0.3, -0.25) is 9.48 Å². The SMILES string of the molecule is Cc1nn(C)c(Cl)c1CN[C@H](C)C(=O)OC(C)(C)C. The van der Waals surface area contributed by atoms with Gasteiger partial charge in [0, 0.05) is 19.2 Å². The molecule has 1 aromatic rings. The molecule has 19 heavy (non-hydrogen) atoms. The largest absolute Gasteiger partial charge is 0.459 e. The molecule has 0 aliphatic carbocycles. The van der Waals surface area contributed by atoms with Gasteiger partial charge in [-0.2, -0.15) is 5.10 Å². The average molecular weight is 288 g/mol. The van der Waals surface area contributed by atoms with Gasteiger partial charge in [-0.15, -0.1) is 0 Å². The number of esters is 1. The Morgan fingerprint density at radius 2 is 2.11 bits per heavy atom. The normalized spacial score (nSPS) is 13.4. The molecule has 0 unspecified atom stereocenters. The fraction of sp³-hybridized carbons (Fsp3) is 0.692. The van der Waals surface area contributed by atoms with Gasteiger partial charge >= 0.3 is 5.97 Å². The van der Waals surface area contributed by atoms with Crippen molar-refractivity contribution >= 4 is 17.6 Å². The molecule has 1 atom stereocenters. The maximum absolute atomic E-state index is 11.8. The van der Waals surface area contributed by atoms with Crippen molar-refractivity contribution in [1.29, 1.82) is 0 Å². The highest BCUT2D eigenvalue weighted by molar-refractivity contribution is 6.30. The summed E-state index contributed by atoms with van der Waals surface area (Å²) in [5.41, 5.74) is 1.28. The average Bonchev–Trinajstić information content (AvgIpc) is 2.48. The van der Waals surface area contributed by atoms with Gasteiger partial charge in [0.2, 0.25) is 0 Å². The summed E-state index contributed by atoms with van der Waals surface area (Å²) >= 11 is 6.13. The van der Waals surface area contributed by atoms with Crippen LogP contribution in [0.15, 0.2) is 0 Å². The molecule has 1 rings (SSSR count). The van der Waals surface area contributed by atoms with Crippen LogP contribution in [0.1, 0.15) is 39.0 Å². The molecule has 108 valence electrons. The van der Waals surface area contributed by atoms with Gasteiger partial charge in [0.05, 0.1) is 5.69 Å². The molecule has 0 spiro atoms. The van der Waals surface area contributed by atoms with Crippen molar-refractivity contribution in [2.24, 2.45) is 7.05 Å². The topological polar surface area (TPSA) is 56.2 Å². The first-order chi connectivity index (χ1) is 8.61. The number of aryl methyl sites for hydroxylation is 2. The molecular weight excluding hydrogens is 266 g/mol. The predicted molar refractivity (Wildman–Crippen MR) is 75.1 cm³/mol. The van der Waals surface area contributed by atoms with Crippen LogP contribution in [-0.2, 0) is 23.1 Å². The van der Waals surface area contributed by atoms with E-state index in [9.17, 15) is 4.79 Å². The number of halogens is 1. The second-order valence-corrected chi connectivity index (χ2v) is 5.97. The maximum Gasteiger partial charge on any atom is 0.323 e. The van der Waals surface area contributed by atoms with Crippen LogP contribution < -0.4 is 5.32 Å². The summed E-state index contributed by atoms with van der Waals surface area (Å²) in [5, 5.41) is 7.91. The van der Waals surface area contributed by atoms with Crippen molar-refractivity contribution in [2.45, 2.75) is 52.8 Å². The lowest BCUT2D eigenvalue weighted by Gasteiger charge is -2.22. The maximum atomic E-state index is 11.8. The quantitative estimate of drug-likeness (QED) is 0.863. The van der Waals surface area contributed by atoms with Gasteiger partial charge < -0.3 is 10.1 Å². The van der Waals surface area contributed by atoms with Crippen LogP contribution in [0.2, 0.25) is 5.15 Å². The zero-order chi connectivity index (χ0) is 14.8. The molecule has 0 amide bonds. The number of aromatic nitrogens is 2. The number of hydrogen-bond donors (Lipinski definition) is 1. The van der Waals surface area contributed by atoms with Crippen LogP contribution in [-0.4, -0.2) is 27.4 Å². The highest BCUT2D eigenvalue weighted by atomic mass is 35.5. The minimum Gasteiger partial charge on any atom is -0.459 e. The van der Waals surface area contributed by atoms with E-state index >= 15 is 0 Å². The van der Waals surface area contributed by atoms with E-state index in [2.05, 4.69) is 10.4 Å². The Kier molecular flexibility index (Phi) is 4.98. The van der Waals surface area contributed by atoms with Crippen LogP contribution >= 0.6 is 11.6 Å². The summed E-state index contributed by atoms with van der Waals surface area (Å²) in [5.74, 6) is -0.273. The molecule has 1 aromatic heterocycles. The van der Waals surface area contributed by atoms with Gasteiger partial charge in [0.25, 0.3) is 0 Å². The summed E-state index contributed by atoms with van der Waals surface area (Å²) in [7, 11) is 1.79. The molecule has 0 bridgehead atoms. The zero-order valence-corrected chi connectivity index (χ0v) is 13.1. The lowest BCUT2D eigenvalue weighted by Crippen LogP contribution is -2.38. The number of rotatable bonds is 4.